The van der Waals surface area contributed by atoms with Gasteiger partial charge >= 0.3 is 7.12 Å². The van der Waals surface area contributed by atoms with Crippen LogP contribution >= 0.6 is 23.2 Å². The van der Waals surface area contributed by atoms with E-state index in [1.165, 1.54) is 12.5 Å². The van der Waals surface area contributed by atoms with Crippen LogP contribution in [-0.4, -0.2) is 54.4 Å². The number of halogens is 2. The number of benzene rings is 1. The van der Waals surface area contributed by atoms with Gasteiger partial charge in [0.2, 0.25) is 6.10 Å². The van der Waals surface area contributed by atoms with Crippen molar-refractivity contribution in [3.8, 4) is 0 Å². The average molecular weight is 606 g/mol. The number of carbonyl (C=O) groups excluding carboxylic acids is 2. The Morgan fingerprint density at radius 1 is 1.12 bits per heavy atom. The monoisotopic (exact) mass is 605 g/mol. The van der Waals surface area contributed by atoms with Gasteiger partial charge in [0.25, 0.3) is 11.8 Å². The third kappa shape index (κ3) is 5.76. The van der Waals surface area contributed by atoms with E-state index in [2.05, 4.69) is 50.4 Å². The number of nitrogens with zero attached hydrogens (tertiary/aromatic N) is 1. The van der Waals surface area contributed by atoms with Crippen LogP contribution in [0.2, 0.25) is 10.0 Å². The van der Waals surface area contributed by atoms with Crippen molar-refractivity contribution in [2.75, 3.05) is 0 Å². The van der Waals surface area contributed by atoms with E-state index in [0.717, 1.165) is 6.42 Å². The summed E-state index contributed by atoms with van der Waals surface area (Å²) < 4.78 is 13.2. The average Bonchev–Trinajstić information content (AvgIpc) is 3.52. The Morgan fingerprint density at radius 3 is 2.51 bits per heavy atom. The lowest BCUT2D eigenvalue weighted by molar-refractivity contribution is -0.199. The molecule has 6 rings (SSSR count). The highest BCUT2D eigenvalue weighted by molar-refractivity contribution is 6.48. The van der Waals surface area contributed by atoms with E-state index in [0.29, 0.717) is 39.9 Å². The summed E-state index contributed by atoms with van der Waals surface area (Å²) in [4.78, 5) is 32.1. The lowest BCUT2D eigenvalue weighted by atomic mass is 9.43. The molecule has 0 radical (unpaired) electrons. The molecule has 2 aliphatic heterocycles. The fourth-order valence-electron chi connectivity index (χ4n) is 7.34. The van der Waals surface area contributed by atoms with E-state index >= 15 is 0 Å². The maximum Gasteiger partial charge on any atom is 0.481 e. The van der Waals surface area contributed by atoms with Crippen molar-refractivity contribution in [2.45, 2.75) is 104 Å². The molecule has 224 valence electrons. The van der Waals surface area contributed by atoms with Crippen LogP contribution in [0.25, 0.3) is 0 Å². The summed E-state index contributed by atoms with van der Waals surface area (Å²) in [6, 6.07) is 4.30. The van der Waals surface area contributed by atoms with Gasteiger partial charge in [-0.2, -0.15) is 0 Å². The minimum Gasteiger partial charge on any atom is -0.404 e. The Hall–Kier alpha value is -1.81. The SMILES string of the molecule is CC(C)C[C@H](NC(=O)C1CC([C@@H](NC(=O)c2cc(Cl)ccc2Cl)C(C)C)=NO1)B1O[C@@H]2C[C@@H]3C[C@@H](C3(C)C)[C@]2(C)O1. The highest BCUT2D eigenvalue weighted by Crippen LogP contribution is 2.65. The molecule has 8 nitrogen and oxygen atoms in total. The molecule has 5 aliphatic rings. The van der Waals surface area contributed by atoms with E-state index < -0.39 is 19.3 Å². The number of amides is 2. The maximum absolute atomic E-state index is 13.5. The van der Waals surface area contributed by atoms with E-state index in [9.17, 15) is 9.59 Å². The van der Waals surface area contributed by atoms with E-state index in [1.54, 1.807) is 12.1 Å². The predicted octanol–water partition coefficient (Wildman–Crippen LogP) is 5.69. The number of hydrogen-bond donors (Lipinski definition) is 2. The summed E-state index contributed by atoms with van der Waals surface area (Å²) >= 11 is 12.3. The lowest BCUT2D eigenvalue weighted by Crippen LogP contribution is -2.65. The number of carbonyl (C=O) groups is 2. The van der Waals surface area contributed by atoms with Gasteiger partial charge in [0.05, 0.1) is 40.0 Å². The van der Waals surface area contributed by atoms with Crippen molar-refractivity contribution < 1.29 is 23.7 Å². The van der Waals surface area contributed by atoms with Crippen molar-refractivity contribution >= 4 is 47.8 Å². The zero-order chi connectivity index (χ0) is 29.9. The zero-order valence-corrected chi connectivity index (χ0v) is 26.5. The maximum atomic E-state index is 13.5. The highest BCUT2D eigenvalue weighted by Gasteiger charge is 2.68. The second-order valence-electron chi connectivity index (χ2n) is 13.8. The quantitative estimate of drug-likeness (QED) is 0.352. The third-order valence-corrected chi connectivity index (χ3v) is 10.4. The molecular weight excluding hydrogens is 564 g/mol. The van der Waals surface area contributed by atoms with Crippen molar-refractivity contribution in [3.05, 3.63) is 33.8 Å². The van der Waals surface area contributed by atoms with Crippen LogP contribution in [-0.2, 0) is 18.9 Å². The van der Waals surface area contributed by atoms with Crippen molar-refractivity contribution in [1.29, 1.82) is 0 Å². The minimum absolute atomic E-state index is 0.00496. The Balaban J connectivity index is 1.23. The summed E-state index contributed by atoms with van der Waals surface area (Å²) in [5.74, 6) is 0.464. The Bertz CT molecular complexity index is 1230. The summed E-state index contributed by atoms with van der Waals surface area (Å²) in [6.45, 7) is 15.0. The molecule has 0 aromatic heterocycles. The fourth-order valence-corrected chi connectivity index (χ4v) is 7.71. The number of oxime groups is 1. The molecule has 4 fully saturated rings. The molecule has 41 heavy (non-hydrogen) atoms. The molecule has 11 heteroatoms. The first-order valence-corrected chi connectivity index (χ1v) is 15.6. The second-order valence-corrected chi connectivity index (χ2v) is 14.6. The molecule has 1 saturated heterocycles. The molecule has 2 N–H and O–H groups in total. The van der Waals surface area contributed by atoms with Crippen molar-refractivity contribution in [3.63, 3.8) is 0 Å². The first kappa shape index (κ1) is 30.6. The number of rotatable bonds is 9. The van der Waals surface area contributed by atoms with Gasteiger partial charge in [-0.25, -0.2) is 0 Å². The highest BCUT2D eigenvalue weighted by atomic mass is 35.5. The summed E-state index contributed by atoms with van der Waals surface area (Å²) in [5.41, 5.74) is 0.770. The molecule has 2 amide bonds. The van der Waals surface area contributed by atoms with Gasteiger partial charge < -0.3 is 24.8 Å². The van der Waals surface area contributed by atoms with Crippen LogP contribution in [0.5, 0.6) is 0 Å². The predicted molar refractivity (Wildman–Crippen MR) is 161 cm³/mol. The molecular formula is C30H42BCl2N3O5. The molecule has 2 heterocycles. The topological polar surface area (TPSA) is 98.3 Å². The van der Waals surface area contributed by atoms with Gasteiger partial charge in [-0.15, -0.1) is 0 Å². The normalized spacial score (nSPS) is 31.2. The summed E-state index contributed by atoms with van der Waals surface area (Å²) in [7, 11) is -0.515. The molecule has 2 bridgehead atoms. The van der Waals surface area contributed by atoms with Gasteiger partial charge in [-0.3, -0.25) is 9.59 Å². The Morgan fingerprint density at radius 2 is 1.85 bits per heavy atom. The van der Waals surface area contributed by atoms with Gasteiger partial charge in [0, 0.05) is 11.4 Å². The second kappa shape index (κ2) is 11.4. The number of hydrogen-bond acceptors (Lipinski definition) is 6. The van der Waals surface area contributed by atoms with E-state index in [4.69, 9.17) is 37.3 Å². The minimum atomic E-state index is -0.807. The van der Waals surface area contributed by atoms with Crippen LogP contribution in [0, 0.1) is 29.1 Å². The van der Waals surface area contributed by atoms with Crippen LogP contribution in [0.1, 0.15) is 84.5 Å². The molecule has 3 saturated carbocycles. The zero-order valence-electron chi connectivity index (χ0n) is 25.0. The lowest BCUT2D eigenvalue weighted by Gasteiger charge is -2.64. The molecule has 1 aromatic carbocycles. The standard InChI is InChI=1S/C30H42BCl2N3O5/c1-15(2)10-25(31-39-24-12-17-11-23(29(17,5)6)30(24,7)41-31)34-28(38)22-14-21(36-40-22)26(16(3)4)35-27(37)19-13-18(32)8-9-20(19)33/h8-9,13,15-17,22-26H,10-12,14H2,1-7H3,(H,34,38)(H,35,37)/t17-,22?,23-,24+,25-,26-,30-/m0/s1. The van der Waals surface area contributed by atoms with Gasteiger partial charge in [-0.05, 0) is 73.5 Å². The van der Waals surface area contributed by atoms with Gasteiger partial charge in [0.15, 0.2) is 0 Å². The Kier molecular flexibility index (Phi) is 8.49. The van der Waals surface area contributed by atoms with Gasteiger partial charge in [0.1, 0.15) is 0 Å². The first-order chi connectivity index (χ1) is 19.2. The summed E-state index contributed by atoms with van der Waals surface area (Å²) in [5, 5.41) is 11.1. The van der Waals surface area contributed by atoms with E-state index in [-0.39, 0.29) is 52.8 Å². The van der Waals surface area contributed by atoms with Crippen molar-refractivity contribution in [1.82, 2.24) is 10.6 Å². The molecule has 1 aromatic rings. The molecule has 7 atom stereocenters. The van der Waals surface area contributed by atoms with Crippen LogP contribution in [0.15, 0.2) is 23.4 Å². The summed E-state index contributed by atoms with van der Waals surface area (Å²) in [6.07, 6.45) is 2.37. The Labute approximate surface area is 253 Å². The first-order valence-electron chi connectivity index (χ1n) is 14.8. The van der Waals surface area contributed by atoms with E-state index in [1.807, 2.05) is 13.8 Å². The molecule has 3 aliphatic carbocycles. The smallest absolute Gasteiger partial charge is 0.404 e. The van der Waals surface area contributed by atoms with Crippen molar-refractivity contribution in [2.24, 2.45) is 34.2 Å². The van der Waals surface area contributed by atoms with Crippen LogP contribution < -0.4 is 10.6 Å². The van der Waals surface area contributed by atoms with Gasteiger partial charge in [-0.1, -0.05) is 69.9 Å². The number of nitrogens with one attached hydrogen (secondary N) is 2. The van der Waals surface area contributed by atoms with Crippen LogP contribution in [0.3, 0.4) is 0 Å². The third-order valence-electron chi connectivity index (χ3n) is 9.82. The fraction of sp³-hybridized carbons (Fsp3) is 0.700. The van der Waals surface area contributed by atoms with Crippen LogP contribution in [0.4, 0.5) is 0 Å². The largest absolute Gasteiger partial charge is 0.481 e. The molecule has 0 spiro atoms. The molecule has 1 unspecified atom stereocenters.